The van der Waals surface area contributed by atoms with Gasteiger partial charge in [-0.1, -0.05) is 28.1 Å². The number of rotatable bonds is 6. The van der Waals surface area contributed by atoms with Crippen LogP contribution in [0.5, 0.6) is 5.75 Å². The van der Waals surface area contributed by atoms with Gasteiger partial charge in [0.05, 0.1) is 24.7 Å². The Morgan fingerprint density at radius 3 is 2.59 bits per heavy atom. The van der Waals surface area contributed by atoms with Gasteiger partial charge < -0.3 is 24.4 Å². The first-order valence-electron chi connectivity index (χ1n) is 9.42. The first-order chi connectivity index (χ1) is 15.4. The Kier molecular flexibility index (Phi) is 7.77. The van der Waals surface area contributed by atoms with Crippen LogP contribution >= 0.6 is 15.9 Å². The Hall–Kier alpha value is -3.46. The van der Waals surface area contributed by atoms with Crippen molar-refractivity contribution in [3.05, 3.63) is 92.5 Å². The SMILES string of the molecule is N#Cc1ccc(C2(Cc3ncc[nH]3)OCC(COc3ccc(Br)cc3)O2)cc1.O=[N+]([O-])O. The Morgan fingerprint density at radius 1 is 1.31 bits per heavy atom. The average Bonchev–Trinajstić information content (AvgIpc) is 3.44. The molecule has 3 aromatic rings. The Morgan fingerprint density at radius 2 is 2.00 bits per heavy atom. The minimum Gasteiger partial charge on any atom is -0.491 e. The molecule has 2 N–H and O–H groups in total. The lowest BCUT2D eigenvalue weighted by Crippen LogP contribution is -2.32. The van der Waals surface area contributed by atoms with E-state index in [2.05, 4.69) is 32.0 Å². The van der Waals surface area contributed by atoms with E-state index in [9.17, 15) is 0 Å². The maximum atomic E-state index is 9.06. The molecule has 1 aromatic heterocycles. The quantitative estimate of drug-likeness (QED) is 0.384. The van der Waals surface area contributed by atoms with Gasteiger partial charge >= 0.3 is 0 Å². The molecule has 0 spiro atoms. The van der Waals surface area contributed by atoms with Gasteiger partial charge in [0.2, 0.25) is 5.79 Å². The molecule has 0 aliphatic carbocycles. The summed E-state index contributed by atoms with van der Waals surface area (Å²) in [6.45, 7) is 0.773. The summed E-state index contributed by atoms with van der Waals surface area (Å²) in [5.41, 5.74) is 1.43. The molecule has 2 atom stereocenters. The summed E-state index contributed by atoms with van der Waals surface area (Å²) >= 11 is 3.41. The van der Waals surface area contributed by atoms with Crippen LogP contribution in [0, 0.1) is 21.4 Å². The Balaban J connectivity index is 0.000000668. The molecule has 0 amide bonds. The highest BCUT2D eigenvalue weighted by atomic mass is 79.9. The molecule has 0 radical (unpaired) electrons. The van der Waals surface area contributed by atoms with Gasteiger partial charge in [-0.3, -0.25) is 0 Å². The van der Waals surface area contributed by atoms with Gasteiger partial charge in [0, 0.05) is 22.4 Å². The van der Waals surface area contributed by atoms with Crippen molar-refractivity contribution in [1.29, 1.82) is 5.26 Å². The molecule has 2 heterocycles. The third-order valence-electron chi connectivity index (χ3n) is 4.52. The number of H-pyrrole nitrogens is 1. The van der Waals surface area contributed by atoms with Crippen molar-refractivity contribution in [2.45, 2.75) is 18.3 Å². The number of aromatic amines is 1. The third-order valence-corrected chi connectivity index (χ3v) is 5.05. The van der Waals surface area contributed by atoms with E-state index in [-0.39, 0.29) is 6.10 Å². The Bertz CT molecular complexity index is 1050. The number of halogens is 1. The molecular formula is C21H19BrN4O6. The van der Waals surface area contributed by atoms with E-state index in [0.29, 0.717) is 25.2 Å². The second kappa shape index (κ2) is 10.7. The summed E-state index contributed by atoms with van der Waals surface area (Å²) < 4.78 is 19.3. The summed E-state index contributed by atoms with van der Waals surface area (Å²) in [7, 11) is 0. The van der Waals surface area contributed by atoms with Crippen LogP contribution in [-0.4, -0.2) is 39.6 Å². The van der Waals surface area contributed by atoms with E-state index in [1.54, 1.807) is 24.5 Å². The van der Waals surface area contributed by atoms with E-state index >= 15 is 0 Å². The zero-order valence-corrected chi connectivity index (χ0v) is 18.3. The molecule has 32 heavy (non-hydrogen) atoms. The van der Waals surface area contributed by atoms with Crippen molar-refractivity contribution in [3.63, 3.8) is 0 Å². The first-order valence-corrected chi connectivity index (χ1v) is 10.2. The number of nitrogens with one attached hydrogen (secondary N) is 1. The largest absolute Gasteiger partial charge is 0.491 e. The molecule has 0 bridgehead atoms. The molecule has 1 aliphatic rings. The van der Waals surface area contributed by atoms with Crippen molar-refractivity contribution in [2.24, 2.45) is 0 Å². The van der Waals surface area contributed by atoms with E-state index in [1.165, 1.54) is 0 Å². The minimum atomic E-state index is -1.50. The van der Waals surface area contributed by atoms with Crippen molar-refractivity contribution >= 4 is 15.9 Å². The number of hydrogen-bond donors (Lipinski definition) is 2. The highest BCUT2D eigenvalue weighted by Gasteiger charge is 2.44. The second-order valence-corrected chi connectivity index (χ2v) is 7.62. The molecule has 2 aromatic carbocycles. The predicted molar refractivity (Wildman–Crippen MR) is 114 cm³/mol. The minimum absolute atomic E-state index is 0.228. The lowest BCUT2D eigenvalue weighted by molar-refractivity contribution is -0.742. The number of benzene rings is 2. The number of aromatic nitrogens is 2. The molecule has 1 saturated heterocycles. The number of ether oxygens (including phenoxy) is 3. The van der Waals surface area contributed by atoms with Crippen LogP contribution < -0.4 is 4.74 Å². The van der Waals surface area contributed by atoms with E-state index in [1.807, 2.05) is 36.4 Å². The summed E-state index contributed by atoms with van der Waals surface area (Å²) in [6.07, 6.45) is 3.67. The lowest BCUT2D eigenvalue weighted by atomic mass is 10.0. The molecule has 10 nitrogen and oxygen atoms in total. The van der Waals surface area contributed by atoms with Crippen molar-refractivity contribution in [1.82, 2.24) is 9.97 Å². The van der Waals surface area contributed by atoms with Crippen LogP contribution in [0.4, 0.5) is 0 Å². The molecule has 4 rings (SSSR count). The molecule has 2 unspecified atom stereocenters. The monoisotopic (exact) mass is 502 g/mol. The van der Waals surface area contributed by atoms with Gasteiger partial charge in [-0.2, -0.15) is 5.26 Å². The fraction of sp³-hybridized carbons (Fsp3) is 0.238. The topological polar surface area (TPSA) is 144 Å². The highest BCUT2D eigenvalue weighted by molar-refractivity contribution is 9.10. The maximum absolute atomic E-state index is 9.06. The highest BCUT2D eigenvalue weighted by Crippen LogP contribution is 2.37. The van der Waals surface area contributed by atoms with Crippen LogP contribution in [0.2, 0.25) is 0 Å². The summed E-state index contributed by atoms with van der Waals surface area (Å²) in [5, 5.41) is 22.7. The van der Waals surface area contributed by atoms with Crippen molar-refractivity contribution < 1.29 is 24.5 Å². The van der Waals surface area contributed by atoms with Crippen LogP contribution in [0.1, 0.15) is 17.0 Å². The smallest absolute Gasteiger partial charge is 0.291 e. The van der Waals surface area contributed by atoms with Crippen LogP contribution in [0.25, 0.3) is 0 Å². The molecule has 11 heteroatoms. The van der Waals surface area contributed by atoms with Crippen molar-refractivity contribution in [3.8, 4) is 11.8 Å². The normalized spacial score (nSPS) is 19.4. The third kappa shape index (κ3) is 6.27. The first kappa shape index (κ1) is 23.2. The lowest BCUT2D eigenvalue weighted by Gasteiger charge is -2.28. The van der Waals surface area contributed by atoms with Gasteiger partial charge in [0.25, 0.3) is 5.09 Å². The summed E-state index contributed by atoms with van der Waals surface area (Å²) in [4.78, 5) is 15.8. The van der Waals surface area contributed by atoms with Gasteiger partial charge in [-0.15, -0.1) is 10.1 Å². The van der Waals surface area contributed by atoms with Crippen LogP contribution in [0.3, 0.4) is 0 Å². The van der Waals surface area contributed by atoms with Crippen LogP contribution in [0.15, 0.2) is 65.4 Å². The van der Waals surface area contributed by atoms with Gasteiger partial charge in [-0.05, 0) is 36.4 Å². The average molecular weight is 503 g/mol. The van der Waals surface area contributed by atoms with E-state index in [0.717, 1.165) is 21.6 Å². The zero-order chi connectivity index (χ0) is 23.0. The van der Waals surface area contributed by atoms with E-state index < -0.39 is 10.9 Å². The van der Waals surface area contributed by atoms with Crippen molar-refractivity contribution in [2.75, 3.05) is 13.2 Å². The van der Waals surface area contributed by atoms with Gasteiger partial charge in [-0.25, -0.2) is 4.98 Å². The fourth-order valence-electron chi connectivity index (χ4n) is 3.13. The molecule has 1 fully saturated rings. The molecule has 0 saturated carbocycles. The zero-order valence-electron chi connectivity index (χ0n) is 16.7. The number of nitriles is 1. The summed E-state index contributed by atoms with van der Waals surface area (Å²) in [5.74, 6) is 0.562. The van der Waals surface area contributed by atoms with Gasteiger partial charge in [0.15, 0.2) is 0 Å². The molecule has 166 valence electrons. The molecule has 1 aliphatic heterocycles. The second-order valence-electron chi connectivity index (χ2n) is 6.71. The fourth-order valence-corrected chi connectivity index (χ4v) is 3.39. The standard InChI is InChI=1S/C21H18BrN3O3.HNO3/c22-17-5-7-18(8-6-17)26-13-19-14-27-21(28-19,11-20-24-9-10-25-20)16-3-1-15(12-23)2-4-16;2-1(3)4/h1-10,19H,11,13-14H2,(H,24,25);(H,2,3,4). The number of imidazole rings is 1. The number of nitrogens with zero attached hydrogens (tertiary/aromatic N) is 3. The van der Waals surface area contributed by atoms with Gasteiger partial charge in [0.1, 0.15) is 24.3 Å². The predicted octanol–water partition coefficient (Wildman–Crippen LogP) is 3.59. The number of hydrogen-bond acceptors (Lipinski definition) is 7. The maximum Gasteiger partial charge on any atom is 0.291 e. The van der Waals surface area contributed by atoms with Crippen LogP contribution in [-0.2, 0) is 21.7 Å². The Labute approximate surface area is 191 Å². The van der Waals surface area contributed by atoms with E-state index in [4.69, 9.17) is 34.8 Å². The molecular weight excluding hydrogens is 484 g/mol. The summed E-state index contributed by atoms with van der Waals surface area (Å²) in [6, 6.07) is 17.0.